The number of ether oxygens (including phenoxy) is 1. The van der Waals surface area contributed by atoms with Crippen LogP contribution in [0.4, 0.5) is 5.69 Å². The van der Waals surface area contributed by atoms with E-state index in [1.807, 2.05) is 44.2 Å². The Balaban J connectivity index is 1.28. The lowest BCUT2D eigenvalue weighted by molar-refractivity contribution is -0.172. The fourth-order valence-corrected chi connectivity index (χ4v) is 7.22. The third-order valence-electron chi connectivity index (χ3n) is 8.45. The molecule has 14 nitrogen and oxygen atoms in total. The number of carbonyl (C=O) groups excluding carboxylic acids is 5. The summed E-state index contributed by atoms with van der Waals surface area (Å²) in [4.78, 5) is 66.4. The van der Waals surface area contributed by atoms with Crippen LogP contribution in [0.1, 0.15) is 78.7 Å². The molecule has 1 aliphatic heterocycles. The standard InChI is InChI=1S/C38H47N5O9S/c1-26(2)24-42(53(49,50)31-18-16-30(39)17-19-31)25-33(32(40)23-27-9-5-3-6-10-27)51-36(46)11-7-4-8-22-41-37(47)28-12-14-29(15-13-28)38(48)52-43-34(44)20-21-35(43)45/h3,5-6,9-10,12-19,26,32-33H,4,7-8,11,20-25,39-40H2,1-2H3,(H,41,47)/t32-,33+/m0/s1. The van der Waals surface area contributed by atoms with E-state index in [9.17, 15) is 32.4 Å². The summed E-state index contributed by atoms with van der Waals surface area (Å²) in [5, 5.41) is 3.25. The van der Waals surface area contributed by atoms with E-state index in [-0.39, 0.29) is 54.6 Å². The summed E-state index contributed by atoms with van der Waals surface area (Å²) in [5.41, 5.74) is 14.1. The van der Waals surface area contributed by atoms with Crippen LogP contribution in [0.5, 0.6) is 0 Å². The normalized spacial score (nSPS) is 14.3. The average molecular weight is 750 g/mol. The van der Waals surface area contributed by atoms with Gasteiger partial charge in [0, 0.05) is 49.6 Å². The maximum Gasteiger partial charge on any atom is 0.363 e. The first-order valence-electron chi connectivity index (χ1n) is 17.6. The van der Waals surface area contributed by atoms with Gasteiger partial charge in [0.25, 0.3) is 17.7 Å². The summed E-state index contributed by atoms with van der Waals surface area (Å²) >= 11 is 0. The number of hydroxylamine groups is 2. The van der Waals surface area contributed by atoms with Gasteiger partial charge in [-0.05, 0) is 79.3 Å². The third kappa shape index (κ3) is 12.0. The number of anilines is 1. The number of hydrogen-bond acceptors (Lipinski definition) is 11. The number of nitrogens with two attached hydrogens (primary N) is 2. The van der Waals surface area contributed by atoms with Gasteiger partial charge in [-0.25, -0.2) is 13.2 Å². The first-order valence-corrected chi connectivity index (χ1v) is 19.0. The number of nitrogens with zero attached hydrogens (tertiary/aromatic N) is 2. The van der Waals surface area contributed by atoms with Crippen LogP contribution in [-0.4, -0.2) is 79.2 Å². The van der Waals surface area contributed by atoms with Crippen molar-refractivity contribution >= 4 is 45.4 Å². The Bertz CT molecular complexity index is 1820. The SMILES string of the molecule is CC(C)CN(C[C@@H](OC(=O)CCCCCNC(=O)c1ccc(C(=O)ON2C(=O)CCC2=O)cc1)[C@@H](N)Cc1ccccc1)S(=O)(=O)c1ccc(N)cc1. The van der Waals surface area contributed by atoms with Crippen LogP contribution < -0.4 is 16.8 Å². The van der Waals surface area contributed by atoms with Crippen molar-refractivity contribution in [3.63, 3.8) is 0 Å². The number of unbranched alkanes of at least 4 members (excludes halogenated alkanes) is 2. The van der Waals surface area contributed by atoms with E-state index >= 15 is 0 Å². The van der Waals surface area contributed by atoms with E-state index in [1.54, 1.807) is 0 Å². The Kier molecular flexibility index (Phi) is 14.6. The zero-order valence-electron chi connectivity index (χ0n) is 29.9. The molecule has 284 valence electrons. The second kappa shape index (κ2) is 19.1. The number of amides is 3. The second-order valence-electron chi connectivity index (χ2n) is 13.3. The molecule has 3 amide bonds. The third-order valence-corrected chi connectivity index (χ3v) is 10.3. The van der Waals surface area contributed by atoms with Gasteiger partial charge in [-0.2, -0.15) is 4.31 Å². The van der Waals surface area contributed by atoms with Gasteiger partial charge in [-0.3, -0.25) is 19.2 Å². The van der Waals surface area contributed by atoms with Crippen LogP contribution >= 0.6 is 0 Å². The largest absolute Gasteiger partial charge is 0.459 e. The summed E-state index contributed by atoms with van der Waals surface area (Å²) < 4.78 is 34.7. The molecule has 5 N–H and O–H groups in total. The molecule has 1 saturated heterocycles. The molecule has 2 atom stereocenters. The molecule has 1 fully saturated rings. The molecule has 15 heteroatoms. The van der Waals surface area contributed by atoms with Gasteiger partial charge in [-0.15, -0.1) is 5.06 Å². The lowest BCUT2D eigenvalue weighted by Crippen LogP contribution is -2.49. The fraction of sp³-hybridized carbons (Fsp3) is 0.395. The number of nitrogen functional groups attached to an aromatic ring is 1. The van der Waals surface area contributed by atoms with E-state index in [2.05, 4.69) is 5.32 Å². The number of rotatable bonds is 19. The predicted molar refractivity (Wildman–Crippen MR) is 196 cm³/mol. The first kappa shape index (κ1) is 40.6. The molecule has 1 aliphatic rings. The lowest BCUT2D eigenvalue weighted by Gasteiger charge is -2.31. The summed E-state index contributed by atoms with van der Waals surface area (Å²) in [6, 6.07) is 20.3. The van der Waals surface area contributed by atoms with Crippen LogP contribution in [0.25, 0.3) is 0 Å². The monoisotopic (exact) mass is 749 g/mol. The Morgan fingerprint density at radius 1 is 0.849 bits per heavy atom. The summed E-state index contributed by atoms with van der Waals surface area (Å²) in [6.07, 6.45) is 1.11. The van der Waals surface area contributed by atoms with E-state index in [1.165, 1.54) is 52.8 Å². The van der Waals surface area contributed by atoms with Crippen molar-refractivity contribution in [2.24, 2.45) is 11.7 Å². The zero-order valence-corrected chi connectivity index (χ0v) is 30.8. The highest BCUT2D eigenvalue weighted by Gasteiger charge is 2.34. The van der Waals surface area contributed by atoms with Gasteiger partial charge in [0.2, 0.25) is 10.0 Å². The molecule has 0 spiro atoms. The summed E-state index contributed by atoms with van der Waals surface area (Å²) in [5.74, 6) is -2.96. The number of nitrogens with one attached hydrogen (secondary N) is 1. The molecule has 1 heterocycles. The lowest BCUT2D eigenvalue weighted by atomic mass is 10.0. The van der Waals surface area contributed by atoms with Gasteiger partial charge in [-0.1, -0.05) is 50.6 Å². The van der Waals surface area contributed by atoms with E-state index in [0.29, 0.717) is 48.5 Å². The van der Waals surface area contributed by atoms with Crippen molar-refractivity contribution in [1.29, 1.82) is 0 Å². The molecule has 3 aromatic carbocycles. The van der Waals surface area contributed by atoms with E-state index in [0.717, 1.165) is 5.56 Å². The Morgan fingerprint density at radius 2 is 1.47 bits per heavy atom. The Labute approximate surface area is 309 Å². The van der Waals surface area contributed by atoms with Crippen molar-refractivity contribution in [2.75, 3.05) is 25.4 Å². The van der Waals surface area contributed by atoms with Crippen molar-refractivity contribution in [3.05, 3.63) is 95.6 Å². The minimum Gasteiger partial charge on any atom is -0.459 e. The molecular formula is C38H47N5O9S. The van der Waals surface area contributed by atoms with Gasteiger partial charge >= 0.3 is 11.9 Å². The number of sulfonamides is 1. The topological polar surface area (TPSA) is 208 Å². The maximum absolute atomic E-state index is 13.7. The highest BCUT2D eigenvalue weighted by atomic mass is 32.2. The molecule has 0 aliphatic carbocycles. The van der Waals surface area contributed by atoms with E-state index in [4.69, 9.17) is 21.0 Å². The first-order chi connectivity index (χ1) is 25.2. The van der Waals surface area contributed by atoms with Gasteiger partial charge < -0.3 is 26.4 Å². The van der Waals surface area contributed by atoms with Crippen LogP contribution in [0.3, 0.4) is 0 Å². The molecule has 3 aromatic rings. The van der Waals surface area contributed by atoms with Crippen LogP contribution in [0.2, 0.25) is 0 Å². The summed E-state index contributed by atoms with van der Waals surface area (Å²) in [6.45, 7) is 4.19. The maximum atomic E-state index is 13.7. The van der Waals surface area contributed by atoms with Crippen LogP contribution in [0.15, 0.2) is 83.8 Å². The van der Waals surface area contributed by atoms with Gasteiger partial charge in [0.15, 0.2) is 0 Å². The molecule has 0 aromatic heterocycles. The summed E-state index contributed by atoms with van der Waals surface area (Å²) in [7, 11) is -3.97. The highest BCUT2D eigenvalue weighted by Crippen LogP contribution is 2.21. The van der Waals surface area contributed by atoms with Crippen molar-refractivity contribution < 1.29 is 42.0 Å². The highest BCUT2D eigenvalue weighted by molar-refractivity contribution is 7.89. The van der Waals surface area contributed by atoms with Gasteiger partial charge in [0.05, 0.1) is 17.0 Å². The Hall–Kier alpha value is -5.12. The van der Waals surface area contributed by atoms with E-state index < -0.39 is 45.9 Å². The smallest absolute Gasteiger partial charge is 0.363 e. The quantitative estimate of drug-likeness (QED) is 0.0698. The number of benzene rings is 3. The molecule has 0 radical (unpaired) electrons. The van der Waals surface area contributed by atoms with Crippen molar-refractivity contribution in [2.45, 2.75) is 75.8 Å². The molecule has 53 heavy (non-hydrogen) atoms. The number of carbonyl (C=O) groups is 5. The minimum atomic E-state index is -3.97. The molecule has 0 unspecified atom stereocenters. The van der Waals surface area contributed by atoms with Crippen molar-refractivity contribution in [3.8, 4) is 0 Å². The number of imide groups is 1. The minimum absolute atomic E-state index is 0.0159. The molecule has 0 saturated carbocycles. The molecule has 4 rings (SSSR count). The molecule has 0 bridgehead atoms. The number of esters is 1. The van der Waals surface area contributed by atoms with Crippen molar-refractivity contribution in [1.82, 2.24) is 14.7 Å². The Morgan fingerprint density at radius 3 is 2.09 bits per heavy atom. The number of hydrogen-bond donors (Lipinski definition) is 3. The van der Waals surface area contributed by atoms with Crippen LogP contribution in [-0.2, 0) is 40.4 Å². The fourth-order valence-electron chi connectivity index (χ4n) is 5.60. The predicted octanol–water partition coefficient (Wildman–Crippen LogP) is 3.61. The zero-order chi connectivity index (χ0) is 38.5. The van der Waals surface area contributed by atoms with Crippen LogP contribution in [0, 0.1) is 5.92 Å². The van der Waals surface area contributed by atoms with Gasteiger partial charge in [0.1, 0.15) is 6.10 Å². The molecular weight excluding hydrogens is 703 g/mol. The average Bonchev–Trinajstić information content (AvgIpc) is 3.44. The second-order valence-corrected chi connectivity index (χ2v) is 15.2.